The summed E-state index contributed by atoms with van der Waals surface area (Å²) in [5.74, 6) is -0.702. The summed E-state index contributed by atoms with van der Waals surface area (Å²) in [5, 5.41) is 10.9. The van der Waals surface area contributed by atoms with Crippen LogP contribution in [0, 0.1) is 5.92 Å². The van der Waals surface area contributed by atoms with E-state index in [1.807, 2.05) is 0 Å². The lowest BCUT2D eigenvalue weighted by Gasteiger charge is -2.35. The molecule has 3 aliphatic carbocycles. The largest absolute Gasteiger partial charge is 0.390 e. The van der Waals surface area contributed by atoms with Gasteiger partial charge in [-0.2, -0.15) is 0 Å². The van der Waals surface area contributed by atoms with E-state index in [4.69, 9.17) is 18.9 Å². The summed E-state index contributed by atoms with van der Waals surface area (Å²) in [6.45, 7) is 0.603. The maximum atomic E-state index is 10.9. The number of hydrogen-bond donors (Lipinski definition) is 1. The number of hydrogen-bond acceptors (Lipinski definition) is 5. The van der Waals surface area contributed by atoms with Gasteiger partial charge < -0.3 is 24.1 Å². The van der Waals surface area contributed by atoms with Crippen LogP contribution in [0.1, 0.15) is 70.6 Å². The van der Waals surface area contributed by atoms with Crippen molar-refractivity contribution in [2.24, 2.45) is 5.92 Å². The van der Waals surface area contributed by atoms with Gasteiger partial charge in [-0.1, -0.05) is 12.8 Å². The van der Waals surface area contributed by atoms with E-state index in [2.05, 4.69) is 0 Å². The standard InChI is InChI=1S/C19H30O5/c20-16-13(15-12-21-18(23-15)7-3-1-4-8-18)11-14-17(16)24-19(22-14)9-5-2-6-10-19/h13-17,20H,1-12H2/t13-,14+,15?,16+,17+/m1/s1. The fraction of sp³-hybridized carbons (Fsp3) is 1.00. The molecule has 24 heavy (non-hydrogen) atoms. The molecule has 5 rings (SSSR count). The van der Waals surface area contributed by atoms with E-state index in [0.717, 1.165) is 32.1 Å². The number of rotatable bonds is 1. The van der Waals surface area contributed by atoms with Crippen LogP contribution in [-0.4, -0.2) is 47.7 Å². The fourth-order valence-corrected chi connectivity index (χ4v) is 5.66. The van der Waals surface area contributed by atoms with Gasteiger partial charge in [-0.15, -0.1) is 0 Å². The van der Waals surface area contributed by atoms with E-state index in [9.17, 15) is 5.11 Å². The lowest BCUT2D eigenvalue weighted by molar-refractivity contribution is -0.219. The van der Waals surface area contributed by atoms with Crippen LogP contribution in [0.5, 0.6) is 0 Å². The Labute approximate surface area is 144 Å². The van der Waals surface area contributed by atoms with Crippen molar-refractivity contribution in [1.82, 2.24) is 0 Å². The second-order valence-electron chi connectivity index (χ2n) is 8.54. The number of ether oxygens (including phenoxy) is 4. The molecule has 0 aromatic rings. The molecule has 0 bridgehead atoms. The van der Waals surface area contributed by atoms with Crippen molar-refractivity contribution in [2.75, 3.05) is 6.61 Å². The van der Waals surface area contributed by atoms with Crippen LogP contribution in [0.3, 0.4) is 0 Å². The van der Waals surface area contributed by atoms with E-state index in [1.54, 1.807) is 0 Å². The monoisotopic (exact) mass is 338 g/mol. The summed E-state index contributed by atoms with van der Waals surface area (Å²) in [6.07, 6.45) is 11.3. The zero-order chi connectivity index (χ0) is 16.2. The molecule has 0 radical (unpaired) electrons. The summed E-state index contributed by atoms with van der Waals surface area (Å²) >= 11 is 0. The molecule has 2 saturated heterocycles. The fourth-order valence-electron chi connectivity index (χ4n) is 5.66. The van der Waals surface area contributed by atoms with Gasteiger partial charge >= 0.3 is 0 Å². The Balaban J connectivity index is 1.24. The molecule has 2 spiro atoms. The molecular weight excluding hydrogens is 308 g/mol. The predicted molar refractivity (Wildman–Crippen MR) is 86.3 cm³/mol. The summed E-state index contributed by atoms with van der Waals surface area (Å²) in [5.41, 5.74) is 0. The summed E-state index contributed by atoms with van der Waals surface area (Å²) in [4.78, 5) is 0. The second kappa shape index (κ2) is 5.92. The Hall–Kier alpha value is -0.200. The van der Waals surface area contributed by atoms with Crippen LogP contribution in [0.25, 0.3) is 0 Å². The van der Waals surface area contributed by atoms with Gasteiger partial charge in [-0.25, -0.2) is 0 Å². The highest BCUT2D eigenvalue weighted by molar-refractivity contribution is 5.03. The third-order valence-corrected chi connectivity index (χ3v) is 6.95. The average molecular weight is 338 g/mol. The van der Waals surface area contributed by atoms with Crippen molar-refractivity contribution in [3.8, 4) is 0 Å². The minimum atomic E-state index is -0.497. The molecule has 1 N–H and O–H groups in total. The van der Waals surface area contributed by atoms with Gasteiger partial charge in [0.25, 0.3) is 0 Å². The minimum Gasteiger partial charge on any atom is -0.390 e. The first-order valence-electron chi connectivity index (χ1n) is 10.0. The summed E-state index contributed by atoms with van der Waals surface area (Å²) in [6, 6.07) is 0. The Morgan fingerprint density at radius 3 is 2.00 bits per heavy atom. The predicted octanol–water partition coefficient (Wildman–Crippen LogP) is 2.89. The van der Waals surface area contributed by atoms with E-state index >= 15 is 0 Å². The molecule has 0 amide bonds. The highest BCUT2D eigenvalue weighted by atomic mass is 16.8. The third-order valence-electron chi connectivity index (χ3n) is 6.95. The normalized spacial score (nSPS) is 46.6. The molecular formula is C19H30O5. The summed E-state index contributed by atoms with van der Waals surface area (Å²) < 4.78 is 25.0. The quantitative estimate of drug-likeness (QED) is 0.797. The van der Waals surface area contributed by atoms with E-state index in [1.165, 1.54) is 38.5 Å². The van der Waals surface area contributed by atoms with E-state index in [-0.39, 0.29) is 30.0 Å². The lowest BCUT2D eigenvalue weighted by atomic mass is 9.93. The molecule has 5 fully saturated rings. The van der Waals surface area contributed by atoms with Gasteiger partial charge in [-0.3, -0.25) is 0 Å². The Morgan fingerprint density at radius 1 is 0.708 bits per heavy atom. The molecule has 2 aliphatic heterocycles. The summed E-state index contributed by atoms with van der Waals surface area (Å²) in [7, 11) is 0. The first-order valence-corrected chi connectivity index (χ1v) is 10.0. The average Bonchev–Trinajstić information content (AvgIpc) is 3.23. The SMILES string of the molecule is O[C@@H]1[C@H]2OC3(CCCCC3)O[C@H]2C[C@@H]1C1COC2(CCCCC2)O1. The smallest absolute Gasteiger partial charge is 0.169 e. The Kier molecular flexibility index (Phi) is 3.95. The first kappa shape index (κ1) is 16.0. The molecule has 5 atom stereocenters. The van der Waals surface area contributed by atoms with E-state index < -0.39 is 11.9 Å². The van der Waals surface area contributed by atoms with Crippen LogP contribution in [0.4, 0.5) is 0 Å². The number of fused-ring (bicyclic) bond motifs is 1. The van der Waals surface area contributed by atoms with Crippen molar-refractivity contribution in [2.45, 2.75) is 107 Å². The van der Waals surface area contributed by atoms with Gasteiger partial charge in [-0.05, 0) is 32.1 Å². The zero-order valence-electron chi connectivity index (χ0n) is 14.5. The minimum absolute atomic E-state index is 0.0156. The molecule has 0 aromatic heterocycles. The van der Waals surface area contributed by atoms with Crippen LogP contribution >= 0.6 is 0 Å². The highest BCUT2D eigenvalue weighted by Crippen LogP contribution is 2.50. The van der Waals surface area contributed by atoms with E-state index in [0.29, 0.717) is 6.61 Å². The zero-order valence-corrected chi connectivity index (χ0v) is 14.5. The van der Waals surface area contributed by atoms with Crippen molar-refractivity contribution in [1.29, 1.82) is 0 Å². The van der Waals surface area contributed by atoms with Crippen molar-refractivity contribution in [3.63, 3.8) is 0 Å². The van der Waals surface area contributed by atoms with Crippen molar-refractivity contribution < 1.29 is 24.1 Å². The molecule has 1 unspecified atom stereocenters. The number of aliphatic hydroxyl groups excluding tert-OH is 1. The number of aliphatic hydroxyl groups is 1. The molecule has 5 aliphatic rings. The maximum Gasteiger partial charge on any atom is 0.169 e. The Bertz CT molecular complexity index is 468. The van der Waals surface area contributed by atoms with Gasteiger partial charge in [0.15, 0.2) is 11.6 Å². The van der Waals surface area contributed by atoms with Crippen LogP contribution in [-0.2, 0) is 18.9 Å². The third kappa shape index (κ3) is 2.55. The highest BCUT2D eigenvalue weighted by Gasteiger charge is 2.59. The lowest BCUT2D eigenvalue weighted by Crippen LogP contribution is -2.41. The second-order valence-corrected chi connectivity index (χ2v) is 8.54. The van der Waals surface area contributed by atoms with Gasteiger partial charge in [0, 0.05) is 31.6 Å². The molecule has 2 heterocycles. The first-order chi connectivity index (χ1) is 11.7. The van der Waals surface area contributed by atoms with Gasteiger partial charge in [0.05, 0.1) is 24.9 Å². The van der Waals surface area contributed by atoms with Gasteiger partial charge in [0.2, 0.25) is 0 Å². The van der Waals surface area contributed by atoms with Crippen LogP contribution < -0.4 is 0 Å². The topological polar surface area (TPSA) is 57.2 Å². The Morgan fingerprint density at radius 2 is 1.33 bits per heavy atom. The molecule has 5 heteroatoms. The maximum absolute atomic E-state index is 10.9. The molecule has 136 valence electrons. The van der Waals surface area contributed by atoms with Crippen molar-refractivity contribution >= 4 is 0 Å². The van der Waals surface area contributed by atoms with Crippen molar-refractivity contribution in [3.05, 3.63) is 0 Å². The van der Waals surface area contributed by atoms with Crippen LogP contribution in [0.15, 0.2) is 0 Å². The van der Waals surface area contributed by atoms with Gasteiger partial charge in [0.1, 0.15) is 6.10 Å². The molecule has 0 aromatic carbocycles. The molecule has 3 saturated carbocycles. The van der Waals surface area contributed by atoms with Crippen LogP contribution in [0.2, 0.25) is 0 Å². The molecule has 5 nitrogen and oxygen atoms in total.